The molecule has 0 aliphatic heterocycles. The third-order valence-corrected chi connectivity index (χ3v) is 4.91. The van der Waals surface area contributed by atoms with E-state index in [2.05, 4.69) is 10.6 Å². The van der Waals surface area contributed by atoms with Gasteiger partial charge in [-0.1, -0.05) is 30.3 Å². The molecule has 9 heteroatoms. The lowest BCUT2D eigenvalue weighted by molar-refractivity contribution is -0.122. The zero-order valence-electron chi connectivity index (χ0n) is 18.3. The van der Waals surface area contributed by atoms with Crippen LogP contribution in [-0.2, 0) is 11.3 Å². The second-order valence-electron chi connectivity index (χ2n) is 7.05. The number of methoxy groups -OCH3 is 2. The van der Waals surface area contributed by atoms with E-state index in [-0.39, 0.29) is 41.4 Å². The Morgan fingerprint density at radius 1 is 1.03 bits per heavy atom. The number of rotatable bonds is 9. The number of carbonyl (C=O) groups excluding carboxylic acids is 1. The van der Waals surface area contributed by atoms with Gasteiger partial charge in [-0.05, 0) is 47.5 Å². The van der Waals surface area contributed by atoms with Crippen LogP contribution in [0.1, 0.15) is 22.7 Å². The van der Waals surface area contributed by atoms with Crippen LogP contribution in [0.5, 0.6) is 17.2 Å². The van der Waals surface area contributed by atoms with Crippen LogP contribution >= 0.6 is 12.4 Å². The molecule has 8 nitrogen and oxygen atoms in total. The summed E-state index contributed by atoms with van der Waals surface area (Å²) < 4.78 is 10.5. The van der Waals surface area contributed by atoms with E-state index in [1.807, 2.05) is 30.3 Å². The van der Waals surface area contributed by atoms with Crippen LogP contribution in [0.15, 0.2) is 66.7 Å². The highest BCUT2D eigenvalue weighted by molar-refractivity contribution is 5.95. The van der Waals surface area contributed by atoms with Crippen LogP contribution in [-0.4, -0.2) is 31.1 Å². The maximum Gasteiger partial charge on any atom is 0.247 e. The topological polar surface area (TPSA) is 130 Å². The predicted octanol–water partition coefficient (Wildman–Crippen LogP) is 3.58. The summed E-state index contributed by atoms with van der Waals surface area (Å²) in [6, 6.07) is 18.8. The number of nitrogen functional groups attached to an aromatic ring is 1. The molecule has 0 fully saturated rings. The van der Waals surface area contributed by atoms with Crippen molar-refractivity contribution in [2.24, 2.45) is 5.73 Å². The minimum Gasteiger partial charge on any atom is -0.502 e. The number of nitrogens with two attached hydrogens (primary N) is 1. The standard InChI is InChI=1S/C24H26N4O4.ClH/c1-31-19-12-17(13-20(32-2)22(19)29)21(24(30)27-14-15-6-4-3-5-7-15)28-18-10-8-16(9-11-18)23(25)26;/h3-13,21,28-29H,14H2,1-2H3,(H3,25,26)(H,27,30);1H. The van der Waals surface area contributed by atoms with Crippen LogP contribution in [0.25, 0.3) is 0 Å². The number of halogens is 1. The molecule has 0 aromatic heterocycles. The molecule has 174 valence electrons. The number of amides is 1. The smallest absolute Gasteiger partial charge is 0.247 e. The average Bonchev–Trinajstić information content (AvgIpc) is 2.82. The van der Waals surface area contributed by atoms with Crippen molar-refractivity contribution >= 4 is 29.8 Å². The number of carbonyl (C=O) groups is 1. The molecule has 1 amide bonds. The fraction of sp³-hybridized carbons (Fsp3) is 0.167. The van der Waals surface area contributed by atoms with E-state index in [9.17, 15) is 9.90 Å². The number of ether oxygens (including phenoxy) is 2. The zero-order chi connectivity index (χ0) is 23.1. The highest BCUT2D eigenvalue weighted by Gasteiger charge is 2.24. The molecular formula is C24H27ClN4O4. The van der Waals surface area contributed by atoms with Gasteiger partial charge in [0.15, 0.2) is 11.5 Å². The summed E-state index contributed by atoms with van der Waals surface area (Å²) in [5.74, 6) is -0.0862. The molecule has 0 heterocycles. The third-order valence-electron chi connectivity index (χ3n) is 4.91. The molecule has 6 N–H and O–H groups in total. The molecule has 3 aromatic rings. The summed E-state index contributed by atoms with van der Waals surface area (Å²) in [6.45, 7) is 0.355. The first-order chi connectivity index (χ1) is 15.4. The molecular weight excluding hydrogens is 444 g/mol. The summed E-state index contributed by atoms with van der Waals surface area (Å²) in [4.78, 5) is 13.2. The van der Waals surface area contributed by atoms with Crippen LogP contribution in [0, 0.1) is 5.41 Å². The van der Waals surface area contributed by atoms with Crippen LogP contribution in [0.2, 0.25) is 0 Å². The van der Waals surface area contributed by atoms with Crippen molar-refractivity contribution in [3.63, 3.8) is 0 Å². The number of hydrogen-bond acceptors (Lipinski definition) is 6. The van der Waals surface area contributed by atoms with Crippen LogP contribution in [0.4, 0.5) is 5.69 Å². The molecule has 0 spiro atoms. The number of benzene rings is 3. The zero-order valence-corrected chi connectivity index (χ0v) is 19.1. The van der Waals surface area contributed by atoms with E-state index < -0.39 is 6.04 Å². The van der Waals surface area contributed by atoms with Crippen LogP contribution in [0.3, 0.4) is 0 Å². The minimum atomic E-state index is -0.815. The lowest BCUT2D eigenvalue weighted by Crippen LogP contribution is -2.33. The van der Waals surface area contributed by atoms with Gasteiger partial charge in [0.2, 0.25) is 11.7 Å². The molecule has 0 radical (unpaired) electrons. The number of nitrogens with one attached hydrogen (secondary N) is 3. The van der Waals surface area contributed by atoms with Crippen molar-refractivity contribution in [2.75, 3.05) is 19.5 Å². The lowest BCUT2D eigenvalue weighted by atomic mass is 10.0. The number of phenols is 1. The molecule has 1 atom stereocenters. The van der Waals surface area contributed by atoms with Gasteiger partial charge in [0, 0.05) is 17.8 Å². The highest BCUT2D eigenvalue weighted by atomic mass is 35.5. The van der Waals surface area contributed by atoms with E-state index in [4.69, 9.17) is 20.6 Å². The normalized spacial score (nSPS) is 11.0. The van der Waals surface area contributed by atoms with E-state index >= 15 is 0 Å². The molecule has 0 saturated carbocycles. The van der Waals surface area contributed by atoms with Crippen LogP contribution < -0.4 is 25.8 Å². The van der Waals surface area contributed by atoms with Crippen molar-refractivity contribution in [3.8, 4) is 17.2 Å². The number of phenolic OH excluding ortho intramolecular Hbond substituents is 1. The van der Waals surface area contributed by atoms with Crippen molar-refractivity contribution in [1.82, 2.24) is 5.32 Å². The fourth-order valence-corrected chi connectivity index (χ4v) is 3.18. The Balaban J connectivity index is 0.00000385. The van der Waals surface area contributed by atoms with E-state index in [1.165, 1.54) is 14.2 Å². The highest BCUT2D eigenvalue weighted by Crippen LogP contribution is 2.39. The summed E-state index contributed by atoms with van der Waals surface area (Å²) in [7, 11) is 2.85. The largest absolute Gasteiger partial charge is 0.502 e. The Kier molecular flexibility index (Phi) is 8.94. The first-order valence-electron chi connectivity index (χ1n) is 9.90. The first-order valence-corrected chi connectivity index (χ1v) is 9.90. The fourth-order valence-electron chi connectivity index (χ4n) is 3.18. The Hall–Kier alpha value is -3.91. The quantitative estimate of drug-likeness (QED) is 0.240. The minimum absolute atomic E-state index is 0. The second-order valence-corrected chi connectivity index (χ2v) is 7.05. The summed E-state index contributed by atoms with van der Waals surface area (Å²) in [5, 5.41) is 23.9. The number of anilines is 1. The summed E-state index contributed by atoms with van der Waals surface area (Å²) in [5.41, 5.74) is 8.26. The van der Waals surface area contributed by atoms with Crippen molar-refractivity contribution in [2.45, 2.75) is 12.6 Å². The number of amidine groups is 1. The molecule has 33 heavy (non-hydrogen) atoms. The third kappa shape index (κ3) is 6.30. The van der Waals surface area contributed by atoms with Crippen molar-refractivity contribution in [3.05, 3.63) is 83.4 Å². The van der Waals surface area contributed by atoms with Gasteiger partial charge in [0.25, 0.3) is 0 Å². The molecule has 0 bridgehead atoms. The average molecular weight is 471 g/mol. The SMILES string of the molecule is COc1cc(C(Nc2ccc(C(=N)N)cc2)C(=O)NCc2ccccc2)cc(OC)c1O.Cl. The maximum absolute atomic E-state index is 13.2. The number of aromatic hydroxyl groups is 1. The van der Waals surface area contributed by atoms with Gasteiger partial charge in [-0.3, -0.25) is 10.2 Å². The van der Waals surface area contributed by atoms with Gasteiger partial charge in [-0.25, -0.2) is 0 Å². The van der Waals surface area contributed by atoms with Gasteiger partial charge in [0.1, 0.15) is 11.9 Å². The molecule has 3 rings (SSSR count). The van der Waals surface area contributed by atoms with Gasteiger partial charge >= 0.3 is 0 Å². The van der Waals surface area contributed by atoms with Gasteiger partial charge in [-0.15, -0.1) is 12.4 Å². The monoisotopic (exact) mass is 470 g/mol. The second kappa shape index (κ2) is 11.6. The predicted molar refractivity (Wildman–Crippen MR) is 131 cm³/mol. The molecule has 0 aliphatic rings. The maximum atomic E-state index is 13.2. The van der Waals surface area contributed by atoms with Crippen molar-refractivity contribution in [1.29, 1.82) is 5.41 Å². The summed E-state index contributed by atoms with van der Waals surface area (Å²) in [6.07, 6.45) is 0. The molecule has 0 saturated heterocycles. The molecule has 0 aliphatic carbocycles. The Morgan fingerprint density at radius 2 is 1.61 bits per heavy atom. The van der Waals surface area contributed by atoms with Gasteiger partial charge in [0.05, 0.1) is 14.2 Å². The Morgan fingerprint density at radius 3 is 2.12 bits per heavy atom. The van der Waals surface area contributed by atoms with E-state index in [1.54, 1.807) is 36.4 Å². The molecule has 3 aromatic carbocycles. The Bertz CT molecular complexity index is 1070. The number of hydrogen-bond donors (Lipinski definition) is 5. The van der Waals surface area contributed by atoms with E-state index in [0.717, 1.165) is 5.56 Å². The van der Waals surface area contributed by atoms with Gasteiger partial charge in [-0.2, -0.15) is 0 Å². The van der Waals surface area contributed by atoms with Gasteiger partial charge < -0.3 is 30.9 Å². The lowest BCUT2D eigenvalue weighted by Gasteiger charge is -2.22. The molecule has 1 unspecified atom stereocenters. The van der Waals surface area contributed by atoms with Crippen molar-refractivity contribution < 1.29 is 19.4 Å². The first kappa shape index (κ1) is 25.4. The Labute approximate surface area is 198 Å². The summed E-state index contributed by atoms with van der Waals surface area (Å²) >= 11 is 0. The van der Waals surface area contributed by atoms with E-state index in [0.29, 0.717) is 23.4 Å².